The maximum atomic E-state index is 11.9. The Labute approximate surface area is 149 Å². The van der Waals surface area contributed by atoms with Crippen molar-refractivity contribution in [3.63, 3.8) is 0 Å². The molecule has 0 heterocycles. The molecule has 0 atom stereocenters. The molecule has 2 amide bonds. The molecule has 4 nitrogen and oxygen atoms in total. The Morgan fingerprint density at radius 2 is 1.71 bits per heavy atom. The van der Waals surface area contributed by atoms with Gasteiger partial charge in [0.25, 0.3) is 0 Å². The van der Waals surface area contributed by atoms with Gasteiger partial charge in [-0.3, -0.25) is 0 Å². The van der Waals surface area contributed by atoms with Crippen molar-refractivity contribution in [3.05, 3.63) is 24.3 Å². The van der Waals surface area contributed by atoms with E-state index < -0.39 is 0 Å². The number of anilines is 1. The second-order valence-corrected chi connectivity index (χ2v) is 8.12. The molecule has 0 bridgehead atoms. The van der Waals surface area contributed by atoms with Gasteiger partial charge in [0.05, 0.1) is 6.10 Å². The van der Waals surface area contributed by atoms with E-state index in [4.69, 9.17) is 4.74 Å². The summed E-state index contributed by atoms with van der Waals surface area (Å²) in [5, 5.41) is 6.61. The molecule has 2 aliphatic rings. The summed E-state index contributed by atoms with van der Waals surface area (Å²) in [4.78, 5) is 11.9. The third-order valence-electron chi connectivity index (χ3n) is 4.76. The molecule has 2 aliphatic carbocycles. The third-order valence-corrected chi connectivity index (χ3v) is 6.14. The van der Waals surface area contributed by atoms with Crippen molar-refractivity contribution in [2.24, 2.45) is 0 Å². The number of carbonyl (C=O) groups excluding carboxylic acids is 1. The van der Waals surface area contributed by atoms with Crippen LogP contribution in [0, 0.1) is 0 Å². The van der Waals surface area contributed by atoms with E-state index in [1.54, 1.807) is 0 Å². The van der Waals surface area contributed by atoms with Crippen LogP contribution in [0.2, 0.25) is 0 Å². The zero-order chi connectivity index (χ0) is 16.6. The number of ether oxygens (including phenoxy) is 1. The van der Waals surface area contributed by atoms with Crippen molar-refractivity contribution in [1.29, 1.82) is 0 Å². The average Bonchev–Trinajstić information content (AvgIpc) is 3.27. The molecular formula is C19H28N2O2S. The molecule has 5 heteroatoms. The second-order valence-electron chi connectivity index (χ2n) is 6.71. The van der Waals surface area contributed by atoms with Crippen LogP contribution in [-0.2, 0) is 0 Å². The normalized spacial score (nSPS) is 18.7. The quantitative estimate of drug-likeness (QED) is 0.696. The summed E-state index contributed by atoms with van der Waals surface area (Å²) in [6.07, 6.45) is 10.6. The molecule has 0 radical (unpaired) electrons. The second kappa shape index (κ2) is 9.21. The van der Waals surface area contributed by atoms with Crippen LogP contribution in [0.15, 0.2) is 24.3 Å². The average molecular weight is 349 g/mol. The largest absolute Gasteiger partial charge is 0.490 e. The van der Waals surface area contributed by atoms with Gasteiger partial charge in [-0.25, -0.2) is 4.79 Å². The standard InChI is InChI=1S/C19H28N2O2S/c22-19(20-13-14-24-18-7-3-4-8-18)21-15-9-11-17(12-10-15)23-16-5-1-2-6-16/h9-12,16,18H,1-8,13-14H2,(H2,20,21,22). The Morgan fingerprint density at radius 3 is 2.42 bits per heavy atom. The van der Waals surface area contributed by atoms with Crippen molar-refractivity contribution < 1.29 is 9.53 Å². The Hall–Kier alpha value is -1.36. The maximum absolute atomic E-state index is 11.9. The van der Waals surface area contributed by atoms with Crippen LogP contribution in [0.4, 0.5) is 10.5 Å². The highest BCUT2D eigenvalue weighted by Crippen LogP contribution is 2.29. The summed E-state index contributed by atoms with van der Waals surface area (Å²) in [5.41, 5.74) is 0.801. The van der Waals surface area contributed by atoms with Crippen LogP contribution in [0.1, 0.15) is 51.4 Å². The Morgan fingerprint density at radius 1 is 1.04 bits per heavy atom. The highest BCUT2D eigenvalue weighted by molar-refractivity contribution is 7.99. The van der Waals surface area contributed by atoms with Gasteiger partial charge in [-0.05, 0) is 62.8 Å². The fourth-order valence-electron chi connectivity index (χ4n) is 3.44. The number of amides is 2. The smallest absolute Gasteiger partial charge is 0.319 e. The summed E-state index contributed by atoms with van der Waals surface area (Å²) < 4.78 is 5.93. The lowest BCUT2D eigenvalue weighted by Crippen LogP contribution is -2.30. The van der Waals surface area contributed by atoms with Crippen molar-refractivity contribution in [2.75, 3.05) is 17.6 Å². The Bertz CT molecular complexity index is 509. The highest BCUT2D eigenvalue weighted by atomic mass is 32.2. The fourth-order valence-corrected chi connectivity index (χ4v) is 4.66. The van der Waals surface area contributed by atoms with Crippen LogP contribution in [0.5, 0.6) is 5.75 Å². The summed E-state index contributed by atoms with van der Waals surface area (Å²) in [7, 11) is 0. The molecule has 2 N–H and O–H groups in total. The molecule has 24 heavy (non-hydrogen) atoms. The van der Waals surface area contributed by atoms with Gasteiger partial charge in [-0.1, -0.05) is 12.8 Å². The zero-order valence-corrected chi connectivity index (χ0v) is 15.1. The van der Waals surface area contributed by atoms with Gasteiger partial charge in [0, 0.05) is 23.2 Å². The fraction of sp³-hybridized carbons (Fsp3) is 0.632. The van der Waals surface area contributed by atoms with E-state index in [-0.39, 0.29) is 6.03 Å². The number of carbonyl (C=O) groups is 1. The first-order chi connectivity index (χ1) is 11.8. The molecule has 2 saturated carbocycles. The lowest BCUT2D eigenvalue weighted by Gasteiger charge is -2.14. The zero-order valence-electron chi connectivity index (χ0n) is 14.3. The molecule has 0 aromatic heterocycles. The van der Waals surface area contributed by atoms with Gasteiger partial charge in [0.15, 0.2) is 0 Å². The van der Waals surface area contributed by atoms with E-state index in [9.17, 15) is 4.79 Å². The molecule has 0 aliphatic heterocycles. The molecule has 3 rings (SSSR count). The summed E-state index contributed by atoms with van der Waals surface area (Å²) in [5.74, 6) is 1.88. The molecule has 1 aromatic rings. The molecule has 1 aromatic carbocycles. The van der Waals surface area contributed by atoms with Gasteiger partial charge in [-0.2, -0.15) is 11.8 Å². The number of nitrogens with one attached hydrogen (secondary N) is 2. The molecule has 132 valence electrons. The van der Waals surface area contributed by atoms with Crippen molar-refractivity contribution in [3.8, 4) is 5.75 Å². The minimum atomic E-state index is -0.133. The van der Waals surface area contributed by atoms with Crippen LogP contribution in [-0.4, -0.2) is 29.7 Å². The third kappa shape index (κ3) is 5.62. The minimum absolute atomic E-state index is 0.133. The summed E-state index contributed by atoms with van der Waals surface area (Å²) in [6.45, 7) is 0.718. The topological polar surface area (TPSA) is 50.4 Å². The van der Waals surface area contributed by atoms with Gasteiger partial charge in [0.1, 0.15) is 5.75 Å². The molecular weight excluding hydrogens is 320 g/mol. The van der Waals surface area contributed by atoms with Crippen LogP contribution in [0.3, 0.4) is 0 Å². The number of rotatable bonds is 7. The predicted molar refractivity (Wildman–Crippen MR) is 101 cm³/mol. The van der Waals surface area contributed by atoms with E-state index in [0.717, 1.165) is 41.8 Å². The van der Waals surface area contributed by atoms with Crippen molar-refractivity contribution in [2.45, 2.75) is 62.7 Å². The van der Waals surface area contributed by atoms with Crippen LogP contribution < -0.4 is 15.4 Å². The first-order valence-electron chi connectivity index (χ1n) is 9.23. The van der Waals surface area contributed by atoms with E-state index in [1.165, 1.54) is 38.5 Å². The number of hydrogen-bond acceptors (Lipinski definition) is 3. The molecule has 2 fully saturated rings. The lowest BCUT2D eigenvalue weighted by molar-refractivity contribution is 0.210. The van der Waals surface area contributed by atoms with E-state index in [1.807, 2.05) is 36.0 Å². The Kier molecular flexibility index (Phi) is 6.70. The van der Waals surface area contributed by atoms with E-state index in [0.29, 0.717) is 6.10 Å². The molecule has 0 unspecified atom stereocenters. The van der Waals surface area contributed by atoms with Gasteiger partial charge >= 0.3 is 6.03 Å². The van der Waals surface area contributed by atoms with Crippen molar-refractivity contribution in [1.82, 2.24) is 5.32 Å². The monoisotopic (exact) mass is 348 g/mol. The SMILES string of the molecule is O=C(NCCSC1CCCC1)Nc1ccc(OC2CCCC2)cc1. The number of benzene rings is 1. The summed E-state index contributed by atoms with van der Waals surface area (Å²) >= 11 is 1.99. The first kappa shape index (κ1) is 17.5. The van der Waals surface area contributed by atoms with Crippen molar-refractivity contribution >= 4 is 23.5 Å². The molecule has 0 spiro atoms. The van der Waals surface area contributed by atoms with Gasteiger partial charge < -0.3 is 15.4 Å². The number of thioether (sulfide) groups is 1. The minimum Gasteiger partial charge on any atom is -0.490 e. The number of urea groups is 1. The predicted octanol–water partition coefficient (Wildman–Crippen LogP) is 4.81. The maximum Gasteiger partial charge on any atom is 0.319 e. The van der Waals surface area contributed by atoms with Crippen LogP contribution >= 0.6 is 11.8 Å². The van der Waals surface area contributed by atoms with E-state index in [2.05, 4.69) is 10.6 Å². The Balaban J connectivity index is 1.33. The van der Waals surface area contributed by atoms with E-state index >= 15 is 0 Å². The van der Waals surface area contributed by atoms with Crippen LogP contribution in [0.25, 0.3) is 0 Å². The highest BCUT2D eigenvalue weighted by Gasteiger charge is 2.16. The van der Waals surface area contributed by atoms with Gasteiger partial charge in [0.2, 0.25) is 0 Å². The first-order valence-corrected chi connectivity index (χ1v) is 10.3. The number of hydrogen-bond donors (Lipinski definition) is 2. The lowest BCUT2D eigenvalue weighted by atomic mass is 10.3. The summed E-state index contributed by atoms with van der Waals surface area (Å²) in [6, 6.07) is 7.54. The molecule has 0 saturated heterocycles. The van der Waals surface area contributed by atoms with Gasteiger partial charge in [-0.15, -0.1) is 0 Å².